The van der Waals surface area contributed by atoms with Crippen LogP contribution in [0.15, 0.2) is 0 Å². The summed E-state index contributed by atoms with van der Waals surface area (Å²) in [5.74, 6) is -1.88. The van der Waals surface area contributed by atoms with Gasteiger partial charge in [-0.15, -0.1) is 0 Å². The summed E-state index contributed by atoms with van der Waals surface area (Å²) in [6, 6.07) is 0. The molecule has 0 aromatic carbocycles. The molecule has 0 rings (SSSR count). The molecule has 0 aliphatic carbocycles. The van der Waals surface area contributed by atoms with Gasteiger partial charge in [-0.3, -0.25) is 0 Å². The predicted molar refractivity (Wildman–Crippen MR) is 80.4 cm³/mol. The van der Waals surface area contributed by atoms with Crippen LogP contribution in [0.1, 0.15) is 89.9 Å². The van der Waals surface area contributed by atoms with E-state index >= 15 is 0 Å². The van der Waals surface area contributed by atoms with E-state index < -0.39 is 11.9 Å². The molecule has 0 N–H and O–H groups in total. The molecule has 0 spiro atoms. The third kappa shape index (κ3) is 22.9. The number of rotatable bonds is 15. The average Bonchev–Trinajstić information content (AvgIpc) is 2.38. The molecule has 5 heteroatoms. The van der Waals surface area contributed by atoms with Crippen LogP contribution in [0.5, 0.6) is 0 Å². The maximum Gasteiger partial charge on any atom is 2.00 e. The summed E-state index contributed by atoms with van der Waals surface area (Å²) in [6.07, 6.45) is 13.5. The number of aliphatic carboxylic acids is 2. The predicted octanol–water partition coefficient (Wildman–Crippen LogP) is 1.57. The van der Waals surface area contributed by atoms with Crippen LogP contribution in [-0.2, 0) is 9.59 Å². The van der Waals surface area contributed by atoms with E-state index in [4.69, 9.17) is 0 Å². The van der Waals surface area contributed by atoms with E-state index in [1.807, 2.05) is 0 Å². The summed E-state index contributed by atoms with van der Waals surface area (Å²) in [4.78, 5) is 20.4. The molecule has 0 fully saturated rings. The van der Waals surface area contributed by atoms with Gasteiger partial charge in [0.2, 0.25) is 0 Å². The first-order chi connectivity index (χ1) is 9.63. The van der Waals surface area contributed by atoms with Gasteiger partial charge in [0, 0.05) is 11.9 Å². The SMILES string of the molecule is O=C([O-])CCCCCCCCCCCCCCC(=O)[O-].[Ba+2]. The van der Waals surface area contributed by atoms with Crippen LogP contribution in [0.4, 0.5) is 0 Å². The monoisotopic (exact) mass is 422 g/mol. The molecule has 0 aromatic rings. The van der Waals surface area contributed by atoms with E-state index in [1.54, 1.807) is 0 Å². The summed E-state index contributed by atoms with van der Waals surface area (Å²) in [6.45, 7) is 0. The smallest absolute Gasteiger partial charge is 0.550 e. The molecule has 0 unspecified atom stereocenters. The Kier molecular flexibility index (Phi) is 21.0. The fourth-order valence-corrected chi connectivity index (χ4v) is 2.31. The molecule has 0 amide bonds. The van der Waals surface area contributed by atoms with Gasteiger partial charge < -0.3 is 19.8 Å². The number of hydrogen-bond donors (Lipinski definition) is 0. The van der Waals surface area contributed by atoms with E-state index in [-0.39, 0.29) is 61.7 Å². The summed E-state index contributed by atoms with van der Waals surface area (Å²) in [5, 5.41) is 20.4. The largest absolute Gasteiger partial charge is 2.00 e. The van der Waals surface area contributed by atoms with Crippen LogP contribution in [0, 0.1) is 0 Å². The fourth-order valence-electron chi connectivity index (χ4n) is 2.31. The Bertz CT molecular complexity index is 231. The van der Waals surface area contributed by atoms with Gasteiger partial charge >= 0.3 is 48.9 Å². The minimum absolute atomic E-state index is 0. The molecule has 21 heavy (non-hydrogen) atoms. The molecule has 0 bridgehead atoms. The molecule has 0 saturated carbocycles. The Morgan fingerprint density at radius 3 is 0.857 bits per heavy atom. The Balaban J connectivity index is 0. The van der Waals surface area contributed by atoms with Crippen LogP contribution in [-0.4, -0.2) is 60.8 Å². The van der Waals surface area contributed by atoms with Crippen molar-refractivity contribution in [1.82, 2.24) is 0 Å². The van der Waals surface area contributed by atoms with Gasteiger partial charge in [0.15, 0.2) is 0 Å². The molecular formula is C16H28BaO4. The minimum atomic E-state index is -0.940. The van der Waals surface area contributed by atoms with Crippen LogP contribution in [0.3, 0.4) is 0 Å². The van der Waals surface area contributed by atoms with E-state index in [1.165, 1.54) is 38.5 Å². The first-order valence-electron chi connectivity index (χ1n) is 8.02. The van der Waals surface area contributed by atoms with Gasteiger partial charge in [0.1, 0.15) is 0 Å². The van der Waals surface area contributed by atoms with E-state index in [9.17, 15) is 19.8 Å². The second-order valence-corrected chi connectivity index (χ2v) is 5.49. The summed E-state index contributed by atoms with van der Waals surface area (Å²) in [7, 11) is 0. The Labute approximate surface area is 169 Å². The first-order valence-corrected chi connectivity index (χ1v) is 8.02. The van der Waals surface area contributed by atoms with Gasteiger partial charge in [-0.25, -0.2) is 0 Å². The molecule has 0 aromatic heterocycles. The van der Waals surface area contributed by atoms with Gasteiger partial charge in [-0.2, -0.15) is 0 Å². The van der Waals surface area contributed by atoms with Gasteiger partial charge in [0.05, 0.1) is 0 Å². The summed E-state index contributed by atoms with van der Waals surface area (Å²) < 4.78 is 0. The van der Waals surface area contributed by atoms with Crippen molar-refractivity contribution in [1.29, 1.82) is 0 Å². The normalized spacial score (nSPS) is 10.1. The Morgan fingerprint density at radius 1 is 0.476 bits per heavy atom. The topological polar surface area (TPSA) is 80.3 Å². The van der Waals surface area contributed by atoms with Crippen molar-refractivity contribution in [3.8, 4) is 0 Å². The van der Waals surface area contributed by atoms with Gasteiger partial charge in [-0.1, -0.05) is 64.2 Å². The second-order valence-electron chi connectivity index (χ2n) is 5.49. The van der Waals surface area contributed by atoms with Crippen molar-refractivity contribution < 1.29 is 19.8 Å². The average molecular weight is 422 g/mol. The van der Waals surface area contributed by atoms with E-state index in [2.05, 4.69) is 0 Å². The van der Waals surface area contributed by atoms with Crippen molar-refractivity contribution in [3.63, 3.8) is 0 Å². The van der Waals surface area contributed by atoms with Crippen LogP contribution in [0.2, 0.25) is 0 Å². The second kappa shape index (κ2) is 18.6. The van der Waals surface area contributed by atoms with Crippen molar-refractivity contribution in [3.05, 3.63) is 0 Å². The fraction of sp³-hybridized carbons (Fsp3) is 0.875. The quantitative estimate of drug-likeness (QED) is 0.297. The van der Waals surface area contributed by atoms with Crippen molar-refractivity contribution >= 4 is 60.8 Å². The van der Waals surface area contributed by atoms with Gasteiger partial charge in [0.25, 0.3) is 0 Å². The molecule has 0 radical (unpaired) electrons. The molecule has 0 saturated heterocycles. The zero-order valence-corrected chi connectivity index (χ0v) is 17.7. The third-order valence-electron chi connectivity index (χ3n) is 3.51. The molecular weight excluding hydrogens is 394 g/mol. The van der Waals surface area contributed by atoms with Crippen LogP contribution >= 0.6 is 0 Å². The molecule has 0 atom stereocenters. The standard InChI is InChI=1S/C16H30O4.Ba/c17-15(18)13-11-9-7-5-3-1-2-4-6-8-10-12-14-16(19)20;/h1-14H2,(H,17,18)(H,19,20);/q;+2/p-2. The number of carbonyl (C=O) groups is 2. The van der Waals surface area contributed by atoms with Crippen LogP contribution in [0.25, 0.3) is 0 Å². The van der Waals surface area contributed by atoms with Crippen LogP contribution < -0.4 is 10.2 Å². The molecule has 118 valence electrons. The maximum atomic E-state index is 10.2. The number of hydrogen-bond acceptors (Lipinski definition) is 4. The Hall–Kier alpha value is 0.511. The molecule has 0 aliphatic rings. The molecule has 4 nitrogen and oxygen atoms in total. The maximum absolute atomic E-state index is 10.2. The first kappa shape index (κ1) is 23.8. The van der Waals surface area contributed by atoms with Crippen molar-refractivity contribution in [2.24, 2.45) is 0 Å². The number of carboxylic acid groups (broad SMARTS) is 2. The third-order valence-corrected chi connectivity index (χ3v) is 3.51. The minimum Gasteiger partial charge on any atom is -0.550 e. The van der Waals surface area contributed by atoms with E-state index in [0.29, 0.717) is 0 Å². The van der Waals surface area contributed by atoms with Crippen molar-refractivity contribution in [2.75, 3.05) is 0 Å². The van der Waals surface area contributed by atoms with E-state index in [0.717, 1.165) is 38.5 Å². The van der Waals surface area contributed by atoms with Gasteiger partial charge in [-0.05, 0) is 25.7 Å². The number of carboxylic acids is 2. The zero-order valence-electron chi connectivity index (χ0n) is 13.2. The zero-order chi connectivity index (χ0) is 15.1. The molecule has 0 aliphatic heterocycles. The van der Waals surface area contributed by atoms with Crippen molar-refractivity contribution in [2.45, 2.75) is 89.9 Å². The molecule has 0 heterocycles. The summed E-state index contributed by atoms with van der Waals surface area (Å²) >= 11 is 0. The number of unbranched alkanes of at least 4 members (excludes halogenated alkanes) is 11. The Morgan fingerprint density at radius 2 is 0.667 bits per heavy atom. The summed E-state index contributed by atoms with van der Waals surface area (Å²) in [5.41, 5.74) is 0. The number of carbonyl (C=O) groups excluding carboxylic acids is 2.